The van der Waals surface area contributed by atoms with Gasteiger partial charge in [0.2, 0.25) is 0 Å². The van der Waals surface area contributed by atoms with Crippen LogP contribution in [0, 0.1) is 12.8 Å². The number of rotatable bonds is 2. The maximum atomic E-state index is 9.65. The van der Waals surface area contributed by atoms with Gasteiger partial charge in [0.25, 0.3) is 0 Å². The van der Waals surface area contributed by atoms with Gasteiger partial charge in [0.15, 0.2) is 0 Å². The highest BCUT2D eigenvalue weighted by atomic mass is 16.3. The van der Waals surface area contributed by atoms with E-state index < -0.39 is 0 Å². The molecule has 0 aliphatic carbocycles. The summed E-state index contributed by atoms with van der Waals surface area (Å²) in [6.07, 6.45) is 2.05. The summed E-state index contributed by atoms with van der Waals surface area (Å²) in [4.78, 5) is 6.82. The molecule has 1 N–H and O–H groups in total. The van der Waals surface area contributed by atoms with Crippen molar-refractivity contribution in [1.82, 2.24) is 4.98 Å². The number of aromatic nitrogens is 1. The van der Waals surface area contributed by atoms with Gasteiger partial charge in [-0.05, 0) is 38.8 Å². The van der Waals surface area contributed by atoms with Gasteiger partial charge >= 0.3 is 0 Å². The first-order valence-corrected chi connectivity index (χ1v) is 6.03. The maximum absolute atomic E-state index is 9.65. The lowest BCUT2D eigenvalue weighted by molar-refractivity contribution is 0.115. The minimum absolute atomic E-state index is 0.215. The molecule has 0 aromatic carbocycles. The summed E-state index contributed by atoms with van der Waals surface area (Å²) >= 11 is 0. The van der Waals surface area contributed by atoms with Crippen molar-refractivity contribution in [2.75, 3.05) is 18.0 Å². The number of aryl methyl sites for hydroxylation is 1. The Labute approximate surface area is 97.1 Å². The Morgan fingerprint density at radius 3 is 3.00 bits per heavy atom. The standard InChI is InChI=1S/C13H20N2O/c1-10-5-3-7-13(14-10)15-8-4-6-12(9-15)11(2)16/h3,5,7,11-12,16H,4,6,8-9H2,1-2H3/t11-,12-/m0/s1. The lowest BCUT2D eigenvalue weighted by Gasteiger charge is -2.35. The zero-order valence-corrected chi connectivity index (χ0v) is 10.1. The number of pyridine rings is 1. The van der Waals surface area contributed by atoms with E-state index in [4.69, 9.17) is 0 Å². The van der Waals surface area contributed by atoms with Crippen molar-refractivity contribution in [3.05, 3.63) is 23.9 Å². The molecule has 88 valence electrons. The molecule has 0 radical (unpaired) electrons. The van der Waals surface area contributed by atoms with Gasteiger partial charge in [0.05, 0.1) is 6.10 Å². The SMILES string of the molecule is Cc1cccc(N2CCC[C@H]([C@H](C)O)C2)n1. The van der Waals surface area contributed by atoms with Crippen LogP contribution < -0.4 is 4.90 Å². The van der Waals surface area contributed by atoms with Crippen molar-refractivity contribution in [3.63, 3.8) is 0 Å². The molecular formula is C13H20N2O. The minimum atomic E-state index is -0.215. The summed E-state index contributed by atoms with van der Waals surface area (Å²) in [6.45, 7) is 5.88. The largest absolute Gasteiger partial charge is 0.393 e. The van der Waals surface area contributed by atoms with Crippen LogP contribution in [0.3, 0.4) is 0 Å². The highest BCUT2D eigenvalue weighted by Gasteiger charge is 2.24. The molecule has 1 aromatic heterocycles. The molecule has 1 aromatic rings. The molecule has 16 heavy (non-hydrogen) atoms. The van der Waals surface area contributed by atoms with Crippen LogP contribution in [0.25, 0.3) is 0 Å². The monoisotopic (exact) mass is 220 g/mol. The Kier molecular flexibility index (Phi) is 3.44. The first-order valence-electron chi connectivity index (χ1n) is 6.03. The minimum Gasteiger partial charge on any atom is -0.393 e. The first kappa shape index (κ1) is 11.4. The third-order valence-corrected chi connectivity index (χ3v) is 3.34. The average Bonchev–Trinajstić information content (AvgIpc) is 2.29. The second kappa shape index (κ2) is 4.83. The molecule has 0 unspecified atom stereocenters. The fraction of sp³-hybridized carbons (Fsp3) is 0.615. The van der Waals surface area contributed by atoms with Crippen LogP contribution in [0.4, 0.5) is 5.82 Å². The van der Waals surface area contributed by atoms with E-state index in [9.17, 15) is 5.11 Å². The van der Waals surface area contributed by atoms with E-state index in [1.165, 1.54) is 0 Å². The Balaban J connectivity index is 2.09. The van der Waals surface area contributed by atoms with Crippen molar-refractivity contribution >= 4 is 5.82 Å². The Morgan fingerprint density at radius 2 is 2.31 bits per heavy atom. The van der Waals surface area contributed by atoms with Gasteiger partial charge in [0, 0.05) is 24.7 Å². The summed E-state index contributed by atoms with van der Waals surface area (Å²) < 4.78 is 0. The predicted octanol–water partition coefficient (Wildman–Crippen LogP) is 1.99. The number of aliphatic hydroxyl groups is 1. The summed E-state index contributed by atoms with van der Waals surface area (Å²) in [7, 11) is 0. The summed E-state index contributed by atoms with van der Waals surface area (Å²) in [5, 5.41) is 9.65. The van der Waals surface area contributed by atoms with E-state index in [0.717, 1.165) is 37.4 Å². The van der Waals surface area contributed by atoms with E-state index in [1.54, 1.807) is 0 Å². The average molecular weight is 220 g/mol. The molecular weight excluding hydrogens is 200 g/mol. The fourth-order valence-electron chi connectivity index (χ4n) is 2.32. The van der Waals surface area contributed by atoms with Crippen molar-refractivity contribution in [2.24, 2.45) is 5.92 Å². The molecule has 1 aliphatic heterocycles. The molecule has 2 rings (SSSR count). The molecule has 0 amide bonds. The van der Waals surface area contributed by atoms with Gasteiger partial charge in [-0.15, -0.1) is 0 Å². The van der Waals surface area contributed by atoms with Crippen LogP contribution in [0.2, 0.25) is 0 Å². The van der Waals surface area contributed by atoms with E-state index in [-0.39, 0.29) is 6.10 Å². The highest BCUT2D eigenvalue weighted by molar-refractivity contribution is 5.39. The highest BCUT2D eigenvalue weighted by Crippen LogP contribution is 2.23. The second-order valence-corrected chi connectivity index (χ2v) is 4.73. The van der Waals surface area contributed by atoms with Crippen LogP contribution in [0.15, 0.2) is 18.2 Å². The first-order chi connectivity index (χ1) is 7.66. The van der Waals surface area contributed by atoms with E-state index in [0.29, 0.717) is 5.92 Å². The van der Waals surface area contributed by atoms with Crippen LogP contribution in [0.5, 0.6) is 0 Å². The van der Waals surface area contributed by atoms with E-state index in [2.05, 4.69) is 16.0 Å². The Hall–Kier alpha value is -1.09. The summed E-state index contributed by atoms with van der Waals surface area (Å²) in [6, 6.07) is 6.11. The normalized spacial score (nSPS) is 23.2. The third kappa shape index (κ3) is 2.53. The number of anilines is 1. The number of piperidine rings is 1. The smallest absolute Gasteiger partial charge is 0.128 e. The summed E-state index contributed by atoms with van der Waals surface area (Å²) in [5.41, 5.74) is 1.05. The van der Waals surface area contributed by atoms with Gasteiger partial charge in [0.1, 0.15) is 5.82 Å². The molecule has 1 aliphatic rings. The van der Waals surface area contributed by atoms with E-state index >= 15 is 0 Å². The van der Waals surface area contributed by atoms with Gasteiger partial charge in [-0.1, -0.05) is 6.07 Å². The van der Waals surface area contributed by atoms with Crippen LogP contribution in [-0.4, -0.2) is 29.3 Å². The fourth-order valence-corrected chi connectivity index (χ4v) is 2.32. The lowest BCUT2D eigenvalue weighted by Crippen LogP contribution is -2.40. The maximum Gasteiger partial charge on any atom is 0.128 e. The molecule has 3 nitrogen and oxygen atoms in total. The number of hydrogen-bond acceptors (Lipinski definition) is 3. The van der Waals surface area contributed by atoms with Crippen molar-refractivity contribution in [1.29, 1.82) is 0 Å². The van der Waals surface area contributed by atoms with Gasteiger partial charge in [-0.3, -0.25) is 0 Å². The van der Waals surface area contributed by atoms with Crippen LogP contribution in [0.1, 0.15) is 25.5 Å². The molecule has 3 heteroatoms. The lowest BCUT2D eigenvalue weighted by atomic mass is 9.93. The van der Waals surface area contributed by atoms with Gasteiger partial charge < -0.3 is 10.0 Å². The molecule has 0 saturated carbocycles. The molecule has 0 bridgehead atoms. The molecule has 1 fully saturated rings. The number of aliphatic hydroxyl groups excluding tert-OH is 1. The molecule has 2 atom stereocenters. The van der Waals surface area contributed by atoms with Crippen LogP contribution in [-0.2, 0) is 0 Å². The number of hydrogen-bond donors (Lipinski definition) is 1. The molecule has 2 heterocycles. The van der Waals surface area contributed by atoms with E-state index in [1.807, 2.05) is 26.0 Å². The van der Waals surface area contributed by atoms with Crippen molar-refractivity contribution < 1.29 is 5.11 Å². The number of nitrogens with zero attached hydrogens (tertiary/aromatic N) is 2. The zero-order chi connectivity index (χ0) is 11.5. The third-order valence-electron chi connectivity index (χ3n) is 3.34. The Bertz CT molecular complexity index is 352. The quantitative estimate of drug-likeness (QED) is 0.828. The predicted molar refractivity (Wildman–Crippen MR) is 65.6 cm³/mol. The molecule has 1 saturated heterocycles. The topological polar surface area (TPSA) is 36.4 Å². The van der Waals surface area contributed by atoms with Gasteiger partial charge in [-0.2, -0.15) is 0 Å². The Morgan fingerprint density at radius 1 is 1.50 bits per heavy atom. The summed E-state index contributed by atoms with van der Waals surface area (Å²) in [5.74, 6) is 1.43. The zero-order valence-electron chi connectivity index (χ0n) is 10.1. The van der Waals surface area contributed by atoms with Crippen molar-refractivity contribution in [3.8, 4) is 0 Å². The van der Waals surface area contributed by atoms with Gasteiger partial charge in [-0.25, -0.2) is 4.98 Å². The molecule has 0 spiro atoms. The van der Waals surface area contributed by atoms with Crippen LogP contribution >= 0.6 is 0 Å². The second-order valence-electron chi connectivity index (χ2n) is 4.73. The van der Waals surface area contributed by atoms with Crippen molar-refractivity contribution in [2.45, 2.75) is 32.8 Å².